The van der Waals surface area contributed by atoms with Crippen LogP contribution >= 0.6 is 0 Å². The smallest absolute Gasteiger partial charge is 0.257 e. The molecule has 0 saturated carbocycles. The number of benzene rings is 3. The predicted octanol–water partition coefficient (Wildman–Crippen LogP) is 4.52. The van der Waals surface area contributed by atoms with E-state index in [-0.39, 0.29) is 23.6 Å². The van der Waals surface area contributed by atoms with Gasteiger partial charge in [0.2, 0.25) is 11.8 Å². The van der Waals surface area contributed by atoms with E-state index in [0.717, 1.165) is 36.1 Å². The van der Waals surface area contributed by atoms with Crippen molar-refractivity contribution in [3.63, 3.8) is 0 Å². The highest BCUT2D eigenvalue weighted by Gasteiger charge is 2.43. The van der Waals surface area contributed by atoms with Gasteiger partial charge in [0, 0.05) is 65.5 Å². The molecule has 0 bridgehead atoms. The van der Waals surface area contributed by atoms with Crippen molar-refractivity contribution in [1.82, 2.24) is 9.80 Å². The van der Waals surface area contributed by atoms with Crippen molar-refractivity contribution in [2.45, 2.75) is 57.2 Å². The van der Waals surface area contributed by atoms with Crippen LogP contribution in [0.2, 0.25) is 0 Å². The number of carbonyl (C=O) groups excluding carboxylic acids is 4. The standard InChI is InChI=1S/C40H47N5O8/c1-41(2)26-13-12-24-18-32-40(49)43(4)31-22-36(34(51-6)20-28(31)38(47)45(32)23-25(24)17-26)53-16-9-7-8-15-52-35-21-30-27(19-33(35)50-5)37(46)44-14-10-11-29(44)39(48)42(30)3/h12-13,17,19-22,29,32H,7-11,14-16,18,23H2,1-6H3/t29-,32-/m0/s1. The number of carbonyl (C=O) groups is 4. The van der Waals surface area contributed by atoms with Crippen molar-refractivity contribution >= 4 is 40.7 Å². The van der Waals surface area contributed by atoms with E-state index in [9.17, 15) is 19.2 Å². The topological polar surface area (TPSA) is 121 Å². The average molecular weight is 726 g/mol. The van der Waals surface area contributed by atoms with E-state index in [0.29, 0.717) is 91.1 Å². The van der Waals surface area contributed by atoms with Crippen LogP contribution in [0.5, 0.6) is 23.0 Å². The molecule has 1 fully saturated rings. The van der Waals surface area contributed by atoms with E-state index < -0.39 is 12.1 Å². The van der Waals surface area contributed by atoms with Gasteiger partial charge in [0.05, 0.1) is 49.9 Å². The SMILES string of the molecule is COc1cc2c(cc1OCCCCCOc1cc3c(cc1OC)C(=O)N1Cc4cc(N(C)C)ccc4C[C@H]1C(=O)N3C)N(C)C(=O)[C@@H]1CCCN1C2=O. The number of amides is 4. The molecular weight excluding hydrogens is 678 g/mol. The molecule has 0 unspecified atom stereocenters. The fourth-order valence-corrected chi connectivity index (χ4v) is 7.83. The Kier molecular flexibility index (Phi) is 9.84. The van der Waals surface area contributed by atoms with Gasteiger partial charge >= 0.3 is 0 Å². The molecule has 0 N–H and O–H groups in total. The van der Waals surface area contributed by atoms with Crippen LogP contribution in [-0.4, -0.2) is 108 Å². The minimum Gasteiger partial charge on any atom is -0.493 e. The van der Waals surface area contributed by atoms with E-state index in [1.807, 2.05) is 25.1 Å². The summed E-state index contributed by atoms with van der Waals surface area (Å²) in [7, 11) is 10.4. The second-order valence-corrected chi connectivity index (χ2v) is 14.2. The molecular formula is C40H47N5O8. The molecule has 1 saturated heterocycles. The zero-order chi connectivity index (χ0) is 37.6. The fraction of sp³-hybridized carbons (Fsp3) is 0.450. The molecule has 4 heterocycles. The van der Waals surface area contributed by atoms with E-state index >= 15 is 0 Å². The highest BCUT2D eigenvalue weighted by molar-refractivity contribution is 6.12. The van der Waals surface area contributed by atoms with Gasteiger partial charge < -0.3 is 43.4 Å². The van der Waals surface area contributed by atoms with Gasteiger partial charge in [-0.15, -0.1) is 0 Å². The summed E-state index contributed by atoms with van der Waals surface area (Å²) >= 11 is 0. The molecule has 4 amide bonds. The Morgan fingerprint density at radius 1 is 0.679 bits per heavy atom. The summed E-state index contributed by atoms with van der Waals surface area (Å²) in [5.74, 6) is 1.16. The quantitative estimate of drug-likeness (QED) is 0.263. The lowest BCUT2D eigenvalue weighted by atomic mass is 9.92. The summed E-state index contributed by atoms with van der Waals surface area (Å²) in [6, 6.07) is 11.9. The third-order valence-corrected chi connectivity index (χ3v) is 10.9. The highest BCUT2D eigenvalue weighted by Crippen LogP contribution is 2.41. The molecule has 7 rings (SSSR count). The Hall–Kier alpha value is -5.46. The van der Waals surface area contributed by atoms with Crippen LogP contribution in [0.4, 0.5) is 17.1 Å². The van der Waals surface area contributed by atoms with Crippen LogP contribution in [0.3, 0.4) is 0 Å². The predicted molar refractivity (Wildman–Crippen MR) is 200 cm³/mol. The summed E-state index contributed by atoms with van der Waals surface area (Å²) in [5.41, 5.74) is 4.98. The van der Waals surface area contributed by atoms with Crippen molar-refractivity contribution in [1.29, 1.82) is 0 Å². The molecule has 280 valence electrons. The molecule has 13 nitrogen and oxygen atoms in total. The molecule has 3 aromatic rings. The molecule has 53 heavy (non-hydrogen) atoms. The monoisotopic (exact) mass is 725 g/mol. The van der Waals surface area contributed by atoms with Crippen molar-refractivity contribution in [2.24, 2.45) is 0 Å². The molecule has 0 spiro atoms. The minimum absolute atomic E-state index is 0.0951. The average Bonchev–Trinajstić information content (AvgIpc) is 3.63. The number of nitrogens with zero attached hydrogens (tertiary/aromatic N) is 5. The summed E-state index contributed by atoms with van der Waals surface area (Å²) in [6.07, 6.45) is 4.14. The lowest BCUT2D eigenvalue weighted by Crippen LogP contribution is -2.50. The van der Waals surface area contributed by atoms with E-state index in [4.69, 9.17) is 18.9 Å². The molecule has 3 aromatic carbocycles. The largest absolute Gasteiger partial charge is 0.493 e. The molecule has 0 radical (unpaired) electrons. The minimum atomic E-state index is -0.607. The molecule has 13 heteroatoms. The first-order chi connectivity index (χ1) is 25.5. The Morgan fingerprint density at radius 3 is 1.81 bits per heavy atom. The van der Waals surface area contributed by atoms with Gasteiger partial charge in [-0.25, -0.2) is 0 Å². The number of fused-ring (bicyclic) bond motifs is 5. The third kappa shape index (κ3) is 6.46. The van der Waals surface area contributed by atoms with Crippen LogP contribution in [0.25, 0.3) is 0 Å². The molecule has 4 aliphatic heterocycles. The van der Waals surface area contributed by atoms with Crippen LogP contribution in [0.15, 0.2) is 42.5 Å². The van der Waals surface area contributed by atoms with E-state index in [1.54, 1.807) is 58.0 Å². The summed E-state index contributed by atoms with van der Waals surface area (Å²) in [5, 5.41) is 0. The summed E-state index contributed by atoms with van der Waals surface area (Å²) in [4.78, 5) is 62.8. The Morgan fingerprint density at radius 2 is 1.25 bits per heavy atom. The third-order valence-electron chi connectivity index (χ3n) is 10.9. The highest BCUT2D eigenvalue weighted by atomic mass is 16.5. The van der Waals surface area contributed by atoms with Crippen molar-refractivity contribution < 1.29 is 38.1 Å². The Bertz CT molecular complexity index is 1960. The van der Waals surface area contributed by atoms with Gasteiger partial charge in [-0.05, 0) is 67.5 Å². The number of likely N-dealkylation sites (N-methyl/N-ethyl adjacent to an activating group) is 2. The number of anilines is 3. The van der Waals surface area contributed by atoms with Gasteiger partial charge in [0.1, 0.15) is 12.1 Å². The first-order valence-corrected chi connectivity index (χ1v) is 18.2. The van der Waals surface area contributed by atoms with E-state index in [2.05, 4.69) is 12.1 Å². The molecule has 2 atom stereocenters. The fourth-order valence-electron chi connectivity index (χ4n) is 7.83. The lowest BCUT2D eigenvalue weighted by molar-refractivity contribution is -0.123. The first-order valence-electron chi connectivity index (χ1n) is 18.2. The maximum Gasteiger partial charge on any atom is 0.257 e. The maximum absolute atomic E-state index is 14.0. The van der Waals surface area contributed by atoms with Crippen LogP contribution in [0.1, 0.15) is 63.9 Å². The summed E-state index contributed by atoms with van der Waals surface area (Å²) < 4.78 is 23.5. The van der Waals surface area contributed by atoms with Gasteiger partial charge in [0.25, 0.3) is 11.8 Å². The van der Waals surface area contributed by atoms with Crippen LogP contribution in [-0.2, 0) is 22.6 Å². The normalized spacial score (nSPS) is 19.1. The van der Waals surface area contributed by atoms with Gasteiger partial charge in [-0.2, -0.15) is 0 Å². The van der Waals surface area contributed by atoms with Crippen LogP contribution < -0.4 is 33.6 Å². The van der Waals surface area contributed by atoms with Crippen molar-refractivity contribution in [3.8, 4) is 23.0 Å². The van der Waals surface area contributed by atoms with Gasteiger partial charge in [0.15, 0.2) is 23.0 Å². The molecule has 0 aromatic heterocycles. The zero-order valence-corrected chi connectivity index (χ0v) is 31.3. The number of unbranched alkanes of at least 4 members (excludes halogenated alkanes) is 2. The zero-order valence-electron chi connectivity index (χ0n) is 31.3. The number of rotatable bonds is 11. The summed E-state index contributed by atoms with van der Waals surface area (Å²) in [6.45, 7) is 1.69. The van der Waals surface area contributed by atoms with Crippen LogP contribution in [0, 0.1) is 0 Å². The first kappa shape index (κ1) is 35.9. The van der Waals surface area contributed by atoms with E-state index in [1.165, 1.54) is 14.2 Å². The number of hydrogen-bond donors (Lipinski definition) is 0. The maximum atomic E-state index is 14.0. The number of hydrogen-bond acceptors (Lipinski definition) is 9. The van der Waals surface area contributed by atoms with Crippen molar-refractivity contribution in [3.05, 3.63) is 64.7 Å². The second kappa shape index (κ2) is 14.5. The number of methoxy groups -OCH3 is 2. The second-order valence-electron chi connectivity index (χ2n) is 14.2. The van der Waals surface area contributed by atoms with Gasteiger partial charge in [-0.3, -0.25) is 19.2 Å². The Balaban J connectivity index is 0.978. The lowest BCUT2D eigenvalue weighted by Gasteiger charge is -2.35. The molecule has 4 aliphatic rings. The number of ether oxygens (including phenoxy) is 4. The molecule has 0 aliphatic carbocycles. The Labute approximate surface area is 309 Å². The van der Waals surface area contributed by atoms with Crippen molar-refractivity contribution in [2.75, 3.05) is 76.9 Å². The van der Waals surface area contributed by atoms with Gasteiger partial charge in [-0.1, -0.05) is 6.07 Å².